The maximum atomic E-state index is 12.6. The molecule has 2 heterocycles. The van der Waals surface area contributed by atoms with Crippen LogP contribution in [-0.2, 0) is 9.59 Å². The molecule has 1 aromatic heterocycles. The number of thiophene rings is 1. The fraction of sp³-hybridized carbons (Fsp3) is 0.0870. The lowest BCUT2D eigenvalue weighted by Crippen LogP contribution is -2.38. The minimum absolute atomic E-state index is 0.140. The third-order valence-corrected chi connectivity index (χ3v) is 5.81. The van der Waals surface area contributed by atoms with Gasteiger partial charge in [0.15, 0.2) is 0 Å². The van der Waals surface area contributed by atoms with Crippen LogP contribution in [0.4, 0.5) is 10.5 Å². The number of carbonyl (C=O) groups excluding carboxylic acids is 3. The Morgan fingerprint density at radius 1 is 1.10 bits per heavy atom. The zero-order valence-electron chi connectivity index (χ0n) is 16.5. The molecule has 2 N–H and O–H groups in total. The summed E-state index contributed by atoms with van der Waals surface area (Å²) in [6.45, 7) is 1.65. The van der Waals surface area contributed by atoms with E-state index < -0.39 is 17.8 Å². The number of imide groups is 1. The number of carbonyl (C=O) groups is 3. The molecule has 3 aromatic rings. The highest BCUT2D eigenvalue weighted by Gasteiger charge is 2.35. The Morgan fingerprint density at radius 3 is 2.52 bits per heavy atom. The number of nitrogens with zero attached hydrogens (tertiary/aromatic N) is 1. The van der Waals surface area contributed by atoms with Crippen LogP contribution in [0.5, 0.6) is 0 Å². The number of aryl methyl sites for hydroxylation is 1. The molecule has 0 saturated carbocycles. The van der Waals surface area contributed by atoms with E-state index in [1.165, 1.54) is 16.9 Å². The van der Waals surface area contributed by atoms with Crippen molar-refractivity contribution >= 4 is 52.5 Å². The fourth-order valence-electron chi connectivity index (χ4n) is 3.06. The van der Waals surface area contributed by atoms with Crippen LogP contribution in [0.25, 0.3) is 17.2 Å². The number of anilines is 1. The lowest BCUT2D eigenvalue weighted by molar-refractivity contribution is -0.127. The van der Waals surface area contributed by atoms with E-state index in [1.807, 2.05) is 42.6 Å². The minimum Gasteiger partial charge on any atom is -0.325 e. The Bertz CT molecular complexity index is 1180. The van der Waals surface area contributed by atoms with Crippen LogP contribution in [-0.4, -0.2) is 29.3 Å². The summed E-state index contributed by atoms with van der Waals surface area (Å²) in [5, 5.41) is 7.72. The number of benzene rings is 2. The molecule has 1 aliphatic rings. The molecule has 1 fully saturated rings. The third-order valence-electron chi connectivity index (χ3n) is 4.68. The largest absolute Gasteiger partial charge is 0.329 e. The molecular weight excluding hydrogens is 434 g/mol. The van der Waals surface area contributed by atoms with Gasteiger partial charge in [-0.25, -0.2) is 9.69 Å². The van der Waals surface area contributed by atoms with Crippen LogP contribution in [0, 0.1) is 6.92 Å². The monoisotopic (exact) mass is 451 g/mol. The molecule has 156 valence electrons. The number of nitrogens with one attached hydrogen (secondary N) is 2. The van der Waals surface area contributed by atoms with E-state index in [0.29, 0.717) is 10.7 Å². The first-order chi connectivity index (χ1) is 14.9. The molecule has 0 radical (unpaired) electrons. The zero-order chi connectivity index (χ0) is 22.0. The standard InChI is InChI=1S/C23H18ClN3O3S/c1-14-2-4-15(5-3-14)16-10-19(31-13-16)11-20-22(29)27(23(30)26-20)12-21(28)25-18-8-6-17(24)7-9-18/h2-11,13H,12H2,1H3,(H,25,28)(H,26,30). The van der Waals surface area contributed by atoms with Gasteiger partial charge in [-0.2, -0.15) is 0 Å². The minimum atomic E-state index is -0.627. The molecule has 31 heavy (non-hydrogen) atoms. The van der Waals surface area contributed by atoms with Gasteiger partial charge in [-0.15, -0.1) is 11.3 Å². The van der Waals surface area contributed by atoms with Gasteiger partial charge in [0.05, 0.1) is 0 Å². The number of hydrogen-bond donors (Lipinski definition) is 2. The van der Waals surface area contributed by atoms with Gasteiger partial charge in [0.1, 0.15) is 12.2 Å². The second-order valence-corrected chi connectivity index (χ2v) is 8.42. The van der Waals surface area contributed by atoms with Gasteiger partial charge in [-0.05, 0) is 59.8 Å². The normalized spacial score (nSPS) is 14.8. The smallest absolute Gasteiger partial charge is 0.325 e. The van der Waals surface area contributed by atoms with Crippen molar-refractivity contribution < 1.29 is 14.4 Å². The predicted molar refractivity (Wildman–Crippen MR) is 123 cm³/mol. The summed E-state index contributed by atoms with van der Waals surface area (Å²) in [6, 6.07) is 16.0. The lowest BCUT2D eigenvalue weighted by Gasteiger charge is -2.11. The second kappa shape index (κ2) is 8.75. The van der Waals surface area contributed by atoms with Crippen molar-refractivity contribution in [2.24, 2.45) is 0 Å². The van der Waals surface area contributed by atoms with Crippen LogP contribution < -0.4 is 10.6 Å². The quantitative estimate of drug-likeness (QED) is 0.427. The molecular formula is C23H18ClN3O3S. The summed E-state index contributed by atoms with van der Waals surface area (Å²) < 4.78 is 0. The number of amides is 4. The van der Waals surface area contributed by atoms with Gasteiger partial charge < -0.3 is 10.6 Å². The summed E-state index contributed by atoms with van der Waals surface area (Å²) in [4.78, 5) is 38.8. The van der Waals surface area contributed by atoms with Gasteiger partial charge in [-0.1, -0.05) is 41.4 Å². The number of rotatable bonds is 5. The van der Waals surface area contributed by atoms with Crippen molar-refractivity contribution in [2.75, 3.05) is 11.9 Å². The highest BCUT2D eigenvalue weighted by atomic mass is 35.5. The molecule has 4 amide bonds. The third kappa shape index (κ3) is 4.84. The Kier molecular flexibility index (Phi) is 5.88. The maximum Gasteiger partial charge on any atom is 0.329 e. The van der Waals surface area contributed by atoms with E-state index in [1.54, 1.807) is 30.3 Å². The fourth-order valence-corrected chi connectivity index (χ4v) is 4.03. The summed E-state index contributed by atoms with van der Waals surface area (Å²) in [5.74, 6) is -1.02. The molecule has 0 atom stereocenters. The van der Waals surface area contributed by atoms with Crippen molar-refractivity contribution in [3.05, 3.63) is 81.1 Å². The molecule has 1 saturated heterocycles. The van der Waals surface area contributed by atoms with Crippen molar-refractivity contribution in [1.82, 2.24) is 10.2 Å². The van der Waals surface area contributed by atoms with E-state index in [4.69, 9.17) is 11.6 Å². The first-order valence-electron chi connectivity index (χ1n) is 9.44. The van der Waals surface area contributed by atoms with E-state index in [2.05, 4.69) is 10.6 Å². The van der Waals surface area contributed by atoms with Gasteiger partial charge in [-0.3, -0.25) is 9.59 Å². The Labute approximate surface area is 188 Å². The molecule has 0 unspecified atom stereocenters. The van der Waals surface area contributed by atoms with Crippen LogP contribution in [0.1, 0.15) is 10.4 Å². The topological polar surface area (TPSA) is 78.5 Å². The van der Waals surface area contributed by atoms with Crippen molar-refractivity contribution in [1.29, 1.82) is 0 Å². The van der Waals surface area contributed by atoms with Gasteiger partial charge >= 0.3 is 6.03 Å². The maximum absolute atomic E-state index is 12.6. The number of halogens is 1. The van der Waals surface area contributed by atoms with Gasteiger partial charge in [0.2, 0.25) is 5.91 Å². The highest BCUT2D eigenvalue weighted by molar-refractivity contribution is 7.11. The van der Waals surface area contributed by atoms with E-state index >= 15 is 0 Å². The van der Waals surface area contributed by atoms with Crippen LogP contribution in [0.3, 0.4) is 0 Å². The van der Waals surface area contributed by atoms with E-state index in [-0.39, 0.29) is 12.2 Å². The Balaban J connectivity index is 1.44. The highest BCUT2D eigenvalue weighted by Crippen LogP contribution is 2.28. The van der Waals surface area contributed by atoms with Crippen LogP contribution in [0.2, 0.25) is 5.02 Å². The molecule has 1 aliphatic heterocycles. The SMILES string of the molecule is Cc1ccc(-c2csc(C=C3NC(=O)N(CC(=O)Nc4ccc(Cl)cc4)C3=O)c2)cc1. The molecule has 6 nitrogen and oxygen atoms in total. The van der Waals surface area contributed by atoms with Crippen LogP contribution >= 0.6 is 22.9 Å². The first kappa shape index (κ1) is 20.8. The number of hydrogen-bond acceptors (Lipinski definition) is 4. The first-order valence-corrected chi connectivity index (χ1v) is 10.7. The Hall–Kier alpha value is -3.42. The van der Waals surface area contributed by atoms with E-state index in [0.717, 1.165) is 20.9 Å². The zero-order valence-corrected chi connectivity index (χ0v) is 18.1. The summed E-state index contributed by atoms with van der Waals surface area (Å²) in [5.41, 5.74) is 3.96. The number of urea groups is 1. The molecule has 2 aromatic carbocycles. The van der Waals surface area contributed by atoms with Gasteiger partial charge in [0, 0.05) is 15.6 Å². The summed E-state index contributed by atoms with van der Waals surface area (Å²) in [7, 11) is 0. The van der Waals surface area contributed by atoms with Gasteiger partial charge in [0.25, 0.3) is 5.91 Å². The average molecular weight is 452 g/mol. The molecule has 0 spiro atoms. The van der Waals surface area contributed by atoms with Crippen LogP contribution in [0.15, 0.2) is 65.7 Å². The average Bonchev–Trinajstić information content (AvgIpc) is 3.31. The molecule has 0 aliphatic carbocycles. The summed E-state index contributed by atoms with van der Waals surface area (Å²) >= 11 is 7.29. The van der Waals surface area contributed by atoms with Crippen molar-refractivity contribution in [3.63, 3.8) is 0 Å². The second-order valence-electron chi connectivity index (χ2n) is 7.04. The molecule has 8 heteroatoms. The summed E-state index contributed by atoms with van der Waals surface area (Å²) in [6.07, 6.45) is 1.62. The van der Waals surface area contributed by atoms with E-state index in [9.17, 15) is 14.4 Å². The molecule has 0 bridgehead atoms. The van der Waals surface area contributed by atoms with Crippen molar-refractivity contribution in [3.8, 4) is 11.1 Å². The van der Waals surface area contributed by atoms with Crippen molar-refractivity contribution in [2.45, 2.75) is 6.92 Å². The predicted octanol–water partition coefficient (Wildman–Crippen LogP) is 4.91. The molecule has 4 rings (SSSR count). The lowest BCUT2D eigenvalue weighted by atomic mass is 10.1. The Morgan fingerprint density at radius 2 is 1.81 bits per heavy atom.